The molecule has 1 aliphatic heterocycles. The number of allylic oxidation sites excluding steroid dienone is 1. The summed E-state index contributed by atoms with van der Waals surface area (Å²) in [5.41, 5.74) is 7.89. The molecule has 5 heteroatoms. The molecular formula is C27H32ClNO3. The van der Waals surface area contributed by atoms with Crippen LogP contribution in [0.5, 0.6) is 5.75 Å². The second kappa shape index (κ2) is 9.68. The summed E-state index contributed by atoms with van der Waals surface area (Å²) in [5.74, 6) is 0.517. The van der Waals surface area contributed by atoms with E-state index in [2.05, 4.69) is 49.9 Å². The number of benzene rings is 2. The van der Waals surface area contributed by atoms with E-state index in [1.165, 1.54) is 27.8 Å². The number of likely N-dealkylation sites (tertiary alicyclic amines) is 1. The lowest BCUT2D eigenvalue weighted by Crippen LogP contribution is -2.50. The van der Waals surface area contributed by atoms with E-state index >= 15 is 0 Å². The van der Waals surface area contributed by atoms with Crippen molar-refractivity contribution in [2.24, 2.45) is 11.8 Å². The van der Waals surface area contributed by atoms with Gasteiger partial charge < -0.3 is 9.84 Å². The standard InChI is InChI=1S/C27H32ClNO3/c1-17(10-20-4-8-24(28)9-5-20)16-32-26-12-21-6-7-22(19(3)25(21)11-18(26)2)13-29-14-23(15-29)27(30)31/h4-5,8-9,11-12,17,23H,6-7,10,13-16H2,1-3H3,(H,30,31)/t17-/m0/s1. The molecule has 170 valence electrons. The fraction of sp³-hybridized carbons (Fsp3) is 0.444. The predicted octanol–water partition coefficient (Wildman–Crippen LogP) is 5.64. The highest BCUT2D eigenvalue weighted by Crippen LogP contribution is 2.36. The van der Waals surface area contributed by atoms with Crippen molar-refractivity contribution in [2.45, 2.75) is 40.0 Å². The Morgan fingerprint density at radius 3 is 2.59 bits per heavy atom. The molecule has 4 rings (SSSR count). The van der Waals surface area contributed by atoms with Gasteiger partial charge in [0.1, 0.15) is 5.75 Å². The van der Waals surface area contributed by atoms with Crippen LogP contribution in [-0.2, 0) is 17.6 Å². The highest BCUT2D eigenvalue weighted by Gasteiger charge is 2.33. The molecule has 0 saturated carbocycles. The van der Waals surface area contributed by atoms with Crippen LogP contribution in [0.1, 0.15) is 42.5 Å². The minimum atomic E-state index is -0.674. The average molecular weight is 454 g/mol. The van der Waals surface area contributed by atoms with Gasteiger partial charge in [-0.1, -0.05) is 36.2 Å². The summed E-state index contributed by atoms with van der Waals surface area (Å²) in [6.07, 6.45) is 3.00. The number of aliphatic carboxylic acids is 1. The maximum absolute atomic E-state index is 11.1. The van der Waals surface area contributed by atoms with Crippen molar-refractivity contribution < 1.29 is 14.6 Å². The van der Waals surface area contributed by atoms with Gasteiger partial charge in [-0.25, -0.2) is 0 Å². The molecule has 2 aliphatic rings. The number of aryl methyl sites for hydroxylation is 2. The summed E-state index contributed by atoms with van der Waals surface area (Å²) in [6, 6.07) is 12.5. The van der Waals surface area contributed by atoms with Gasteiger partial charge in [0.2, 0.25) is 0 Å². The number of carbonyl (C=O) groups is 1. The van der Waals surface area contributed by atoms with Crippen LogP contribution >= 0.6 is 11.6 Å². The number of rotatable bonds is 8. The number of carboxylic acids is 1. The highest BCUT2D eigenvalue weighted by atomic mass is 35.5. The molecular weight excluding hydrogens is 422 g/mol. The first-order valence-electron chi connectivity index (χ1n) is 11.4. The van der Waals surface area contributed by atoms with Gasteiger partial charge in [-0.2, -0.15) is 0 Å². The van der Waals surface area contributed by atoms with Crippen LogP contribution in [0.4, 0.5) is 0 Å². The van der Waals surface area contributed by atoms with Gasteiger partial charge in [0.15, 0.2) is 0 Å². The molecule has 1 atom stereocenters. The Morgan fingerprint density at radius 2 is 1.91 bits per heavy atom. The normalized spacial score (nSPS) is 17.6. The number of ether oxygens (including phenoxy) is 1. The van der Waals surface area contributed by atoms with Crippen molar-refractivity contribution in [3.63, 3.8) is 0 Å². The van der Waals surface area contributed by atoms with E-state index in [4.69, 9.17) is 21.4 Å². The zero-order chi connectivity index (χ0) is 22.8. The zero-order valence-corrected chi connectivity index (χ0v) is 19.9. The minimum Gasteiger partial charge on any atom is -0.493 e. The predicted molar refractivity (Wildman–Crippen MR) is 129 cm³/mol. The third kappa shape index (κ3) is 5.19. The molecule has 1 saturated heterocycles. The maximum atomic E-state index is 11.1. The molecule has 1 aliphatic carbocycles. The monoisotopic (exact) mass is 453 g/mol. The molecule has 0 spiro atoms. The van der Waals surface area contributed by atoms with Crippen molar-refractivity contribution in [1.29, 1.82) is 0 Å². The number of hydrogen-bond acceptors (Lipinski definition) is 3. The van der Waals surface area contributed by atoms with Gasteiger partial charge in [0.25, 0.3) is 0 Å². The fourth-order valence-electron chi connectivity index (χ4n) is 4.74. The van der Waals surface area contributed by atoms with Gasteiger partial charge in [-0.15, -0.1) is 0 Å². The van der Waals surface area contributed by atoms with Crippen LogP contribution in [0.3, 0.4) is 0 Å². The number of carboxylic acid groups (broad SMARTS) is 1. The molecule has 2 aromatic rings. The Bertz CT molecular complexity index is 1020. The second-order valence-electron chi connectivity index (χ2n) is 9.48. The number of halogens is 1. The summed E-state index contributed by atoms with van der Waals surface area (Å²) >= 11 is 5.98. The number of fused-ring (bicyclic) bond motifs is 1. The van der Waals surface area contributed by atoms with Crippen molar-refractivity contribution >= 4 is 23.1 Å². The molecule has 0 bridgehead atoms. The Hall–Kier alpha value is -2.30. The average Bonchev–Trinajstić information content (AvgIpc) is 2.72. The van der Waals surface area contributed by atoms with E-state index in [9.17, 15) is 4.79 Å². The number of nitrogens with zero attached hydrogens (tertiary/aromatic N) is 1. The largest absolute Gasteiger partial charge is 0.493 e. The quantitative estimate of drug-likeness (QED) is 0.561. The lowest BCUT2D eigenvalue weighted by Gasteiger charge is -2.38. The van der Waals surface area contributed by atoms with E-state index in [-0.39, 0.29) is 5.92 Å². The molecule has 1 N–H and O–H groups in total. The highest BCUT2D eigenvalue weighted by molar-refractivity contribution is 6.30. The van der Waals surface area contributed by atoms with Crippen LogP contribution in [-0.4, -0.2) is 42.2 Å². The topological polar surface area (TPSA) is 49.8 Å². The Labute approximate surface area is 195 Å². The zero-order valence-electron chi connectivity index (χ0n) is 19.2. The first-order chi connectivity index (χ1) is 15.3. The molecule has 0 amide bonds. The lowest BCUT2D eigenvalue weighted by atomic mass is 9.84. The summed E-state index contributed by atoms with van der Waals surface area (Å²) in [7, 11) is 0. The third-order valence-corrected chi connectivity index (χ3v) is 7.02. The third-order valence-electron chi connectivity index (χ3n) is 6.77. The summed E-state index contributed by atoms with van der Waals surface area (Å²) in [5, 5.41) is 9.87. The maximum Gasteiger partial charge on any atom is 0.309 e. The summed E-state index contributed by atoms with van der Waals surface area (Å²) in [4.78, 5) is 13.3. The van der Waals surface area contributed by atoms with Crippen molar-refractivity contribution in [3.8, 4) is 5.75 Å². The smallest absolute Gasteiger partial charge is 0.309 e. The van der Waals surface area contributed by atoms with Crippen molar-refractivity contribution in [1.82, 2.24) is 4.90 Å². The SMILES string of the molecule is CC1=C(CN2CC(C(=O)O)C2)CCc2cc(OC[C@@H](C)Cc3ccc(Cl)cc3)c(C)cc21. The van der Waals surface area contributed by atoms with E-state index in [1.807, 2.05) is 12.1 Å². The molecule has 0 unspecified atom stereocenters. The lowest BCUT2D eigenvalue weighted by molar-refractivity contribution is -0.147. The Balaban J connectivity index is 1.38. The minimum absolute atomic E-state index is 0.198. The Morgan fingerprint density at radius 1 is 1.19 bits per heavy atom. The van der Waals surface area contributed by atoms with E-state index in [0.29, 0.717) is 25.6 Å². The van der Waals surface area contributed by atoms with Gasteiger partial charge in [0, 0.05) is 24.7 Å². The van der Waals surface area contributed by atoms with E-state index in [0.717, 1.165) is 42.1 Å². The fourth-order valence-corrected chi connectivity index (χ4v) is 4.87. The van der Waals surface area contributed by atoms with Crippen LogP contribution in [0, 0.1) is 18.8 Å². The Kier molecular flexibility index (Phi) is 6.92. The van der Waals surface area contributed by atoms with Gasteiger partial charge in [-0.05, 0) is 91.1 Å². The summed E-state index contributed by atoms with van der Waals surface area (Å²) in [6.45, 7) is 9.44. The van der Waals surface area contributed by atoms with E-state index < -0.39 is 5.97 Å². The molecule has 32 heavy (non-hydrogen) atoms. The molecule has 0 aromatic heterocycles. The summed E-state index contributed by atoms with van der Waals surface area (Å²) < 4.78 is 6.24. The van der Waals surface area contributed by atoms with Crippen molar-refractivity contribution in [3.05, 3.63) is 69.2 Å². The molecule has 1 fully saturated rings. The van der Waals surface area contributed by atoms with Gasteiger partial charge in [-0.3, -0.25) is 9.69 Å². The second-order valence-corrected chi connectivity index (χ2v) is 9.92. The van der Waals surface area contributed by atoms with Gasteiger partial charge in [0.05, 0.1) is 12.5 Å². The van der Waals surface area contributed by atoms with Crippen LogP contribution in [0.2, 0.25) is 5.02 Å². The van der Waals surface area contributed by atoms with Crippen LogP contribution in [0.15, 0.2) is 42.0 Å². The first kappa shape index (κ1) is 22.9. The van der Waals surface area contributed by atoms with Gasteiger partial charge >= 0.3 is 5.97 Å². The molecule has 2 aromatic carbocycles. The van der Waals surface area contributed by atoms with E-state index in [1.54, 1.807) is 0 Å². The van der Waals surface area contributed by atoms with Crippen LogP contribution < -0.4 is 4.74 Å². The van der Waals surface area contributed by atoms with Crippen LogP contribution in [0.25, 0.3) is 5.57 Å². The number of hydrogen-bond donors (Lipinski definition) is 1. The molecule has 0 radical (unpaired) electrons. The molecule has 1 heterocycles. The van der Waals surface area contributed by atoms with Crippen molar-refractivity contribution in [2.75, 3.05) is 26.2 Å². The first-order valence-corrected chi connectivity index (χ1v) is 11.8. The molecule has 4 nitrogen and oxygen atoms in total.